The lowest BCUT2D eigenvalue weighted by molar-refractivity contribution is 0.627. The molecule has 0 heterocycles. The zero-order chi connectivity index (χ0) is 10.6. The van der Waals surface area contributed by atoms with Crippen LogP contribution in [0.3, 0.4) is 0 Å². The van der Waals surface area contributed by atoms with E-state index in [1.54, 1.807) is 30.9 Å². The summed E-state index contributed by atoms with van der Waals surface area (Å²) in [6.45, 7) is 2.04. The minimum absolute atomic E-state index is 0.206. The Morgan fingerprint density at radius 2 is 2.00 bits per heavy atom. The Balaban J connectivity index is 2.65. The van der Waals surface area contributed by atoms with Crippen LogP contribution in [-0.2, 0) is 0 Å². The summed E-state index contributed by atoms with van der Waals surface area (Å²) < 4.78 is 13.4. The first-order valence-electron chi connectivity index (χ1n) is 4.27. The molecule has 1 aromatic rings. The van der Waals surface area contributed by atoms with Gasteiger partial charge in [-0.3, -0.25) is 0 Å². The highest BCUT2D eigenvalue weighted by atomic mass is 32.2. The van der Waals surface area contributed by atoms with Gasteiger partial charge < -0.3 is 5.32 Å². The average molecular weight is 229 g/mol. The molecule has 0 spiro atoms. The van der Waals surface area contributed by atoms with Crippen LogP contribution in [0.4, 0.5) is 4.39 Å². The van der Waals surface area contributed by atoms with Crippen LogP contribution >= 0.6 is 24.0 Å². The molecule has 14 heavy (non-hydrogen) atoms. The summed E-state index contributed by atoms with van der Waals surface area (Å²) >= 11 is 6.59. The number of thioether (sulfide) groups is 1. The van der Waals surface area contributed by atoms with Crippen molar-refractivity contribution in [3.8, 4) is 0 Å². The Kier molecular flexibility index (Phi) is 4.35. The van der Waals surface area contributed by atoms with Crippen molar-refractivity contribution in [1.29, 1.82) is 0 Å². The second-order valence-corrected chi connectivity index (χ2v) is 4.87. The Bertz CT molecular complexity index is 310. The van der Waals surface area contributed by atoms with E-state index < -0.39 is 0 Å². The fourth-order valence-corrected chi connectivity index (χ4v) is 2.19. The largest absolute Gasteiger partial charge is 0.374 e. The fraction of sp³-hybridized carbons (Fsp3) is 0.300. The lowest BCUT2D eigenvalue weighted by Crippen LogP contribution is -2.12. The Morgan fingerprint density at radius 1 is 1.43 bits per heavy atom. The van der Waals surface area contributed by atoms with E-state index in [1.807, 2.05) is 6.92 Å². The van der Waals surface area contributed by atoms with Gasteiger partial charge in [0.2, 0.25) is 0 Å². The van der Waals surface area contributed by atoms with Gasteiger partial charge in [-0.1, -0.05) is 36.1 Å². The first kappa shape index (κ1) is 11.5. The molecule has 1 N–H and O–H groups in total. The molecule has 0 aliphatic carbocycles. The number of hydrogen-bond donors (Lipinski definition) is 1. The third kappa shape index (κ3) is 3.27. The summed E-state index contributed by atoms with van der Waals surface area (Å²) in [6, 6.07) is 6.50. The van der Waals surface area contributed by atoms with Crippen molar-refractivity contribution in [1.82, 2.24) is 5.32 Å². The Labute approximate surface area is 93.1 Å². The fourth-order valence-electron chi connectivity index (χ4n) is 1.02. The number of hydrogen-bond acceptors (Lipinski definition) is 2. The molecular weight excluding hydrogens is 217 g/mol. The molecule has 0 aliphatic heterocycles. The van der Waals surface area contributed by atoms with Gasteiger partial charge >= 0.3 is 0 Å². The van der Waals surface area contributed by atoms with Crippen LogP contribution in [0, 0.1) is 5.82 Å². The van der Waals surface area contributed by atoms with Gasteiger partial charge in [-0.05, 0) is 24.6 Å². The average Bonchev–Trinajstić information content (AvgIpc) is 2.18. The summed E-state index contributed by atoms with van der Waals surface area (Å²) in [5, 5.41) is 3.14. The minimum Gasteiger partial charge on any atom is -0.374 e. The lowest BCUT2D eigenvalue weighted by Gasteiger charge is -2.11. The van der Waals surface area contributed by atoms with Crippen molar-refractivity contribution >= 4 is 28.3 Å². The van der Waals surface area contributed by atoms with Crippen LogP contribution in [0.25, 0.3) is 0 Å². The topological polar surface area (TPSA) is 12.0 Å². The Hall–Kier alpha value is -0.610. The van der Waals surface area contributed by atoms with Gasteiger partial charge in [0, 0.05) is 12.3 Å². The van der Waals surface area contributed by atoms with Crippen molar-refractivity contribution in [3.63, 3.8) is 0 Å². The van der Waals surface area contributed by atoms with Crippen LogP contribution in [-0.4, -0.2) is 11.4 Å². The SMILES string of the molecule is CNC(=S)SC(C)c1ccc(F)cc1. The van der Waals surface area contributed by atoms with Crippen LogP contribution < -0.4 is 5.32 Å². The maximum absolute atomic E-state index is 12.6. The van der Waals surface area contributed by atoms with E-state index in [9.17, 15) is 4.39 Å². The van der Waals surface area contributed by atoms with Crippen LogP contribution in [0.2, 0.25) is 0 Å². The van der Waals surface area contributed by atoms with E-state index in [0.29, 0.717) is 0 Å². The molecule has 0 saturated heterocycles. The van der Waals surface area contributed by atoms with Gasteiger partial charge in [0.25, 0.3) is 0 Å². The first-order chi connectivity index (χ1) is 6.63. The summed E-state index contributed by atoms with van der Waals surface area (Å²) in [5.74, 6) is -0.206. The van der Waals surface area contributed by atoms with Gasteiger partial charge in [-0.25, -0.2) is 4.39 Å². The number of nitrogens with one attached hydrogen (secondary N) is 1. The van der Waals surface area contributed by atoms with E-state index >= 15 is 0 Å². The van der Waals surface area contributed by atoms with Crippen molar-refractivity contribution in [2.45, 2.75) is 12.2 Å². The molecule has 0 saturated carbocycles. The van der Waals surface area contributed by atoms with Crippen LogP contribution in [0.15, 0.2) is 24.3 Å². The van der Waals surface area contributed by atoms with E-state index in [4.69, 9.17) is 12.2 Å². The molecule has 0 radical (unpaired) electrons. The molecule has 0 fully saturated rings. The molecule has 1 unspecified atom stereocenters. The highest BCUT2D eigenvalue weighted by Crippen LogP contribution is 2.28. The lowest BCUT2D eigenvalue weighted by atomic mass is 10.2. The summed E-state index contributed by atoms with van der Waals surface area (Å²) in [7, 11) is 1.80. The molecule has 0 aliphatic rings. The van der Waals surface area contributed by atoms with Crippen molar-refractivity contribution in [2.75, 3.05) is 7.05 Å². The second kappa shape index (κ2) is 5.32. The molecule has 0 bridgehead atoms. The molecule has 1 aromatic carbocycles. The molecule has 0 aromatic heterocycles. The highest BCUT2D eigenvalue weighted by Gasteiger charge is 2.07. The normalized spacial score (nSPS) is 12.2. The third-order valence-corrected chi connectivity index (χ3v) is 3.36. The number of thiocarbonyl (C=S) groups is 1. The molecule has 1 atom stereocenters. The predicted octanol–water partition coefficient (Wildman–Crippen LogP) is 3.12. The summed E-state index contributed by atoms with van der Waals surface area (Å²) in [5.41, 5.74) is 1.08. The zero-order valence-corrected chi connectivity index (χ0v) is 9.71. The van der Waals surface area contributed by atoms with Gasteiger partial charge in [0.15, 0.2) is 0 Å². The summed E-state index contributed by atoms with van der Waals surface area (Å²) in [4.78, 5) is 0. The first-order valence-corrected chi connectivity index (χ1v) is 5.56. The molecule has 1 nitrogen and oxygen atoms in total. The maximum atomic E-state index is 12.6. The minimum atomic E-state index is -0.206. The van der Waals surface area contributed by atoms with E-state index in [1.165, 1.54) is 12.1 Å². The monoisotopic (exact) mass is 229 g/mol. The van der Waals surface area contributed by atoms with Crippen molar-refractivity contribution in [2.24, 2.45) is 0 Å². The maximum Gasteiger partial charge on any atom is 0.134 e. The molecule has 4 heteroatoms. The van der Waals surface area contributed by atoms with Gasteiger partial charge in [-0.2, -0.15) is 0 Å². The van der Waals surface area contributed by atoms with Crippen LogP contribution in [0.1, 0.15) is 17.7 Å². The molecule has 1 rings (SSSR count). The number of rotatable bonds is 2. The van der Waals surface area contributed by atoms with Gasteiger partial charge in [0.1, 0.15) is 10.1 Å². The smallest absolute Gasteiger partial charge is 0.134 e. The quantitative estimate of drug-likeness (QED) is 0.783. The van der Waals surface area contributed by atoms with Crippen LogP contribution in [0.5, 0.6) is 0 Å². The number of halogens is 1. The Morgan fingerprint density at radius 3 is 2.50 bits per heavy atom. The number of benzene rings is 1. The third-order valence-electron chi connectivity index (χ3n) is 1.83. The van der Waals surface area contributed by atoms with Gasteiger partial charge in [0.05, 0.1) is 0 Å². The summed E-state index contributed by atoms with van der Waals surface area (Å²) in [6.07, 6.45) is 0. The van der Waals surface area contributed by atoms with Crippen molar-refractivity contribution in [3.05, 3.63) is 35.6 Å². The van der Waals surface area contributed by atoms with Crippen molar-refractivity contribution < 1.29 is 4.39 Å². The molecule has 76 valence electrons. The second-order valence-electron chi connectivity index (χ2n) is 2.85. The van der Waals surface area contributed by atoms with E-state index in [-0.39, 0.29) is 11.1 Å². The molecule has 0 amide bonds. The van der Waals surface area contributed by atoms with E-state index in [2.05, 4.69) is 5.32 Å². The zero-order valence-electron chi connectivity index (χ0n) is 8.08. The molecular formula is C10H12FNS2. The van der Waals surface area contributed by atoms with Gasteiger partial charge in [-0.15, -0.1) is 0 Å². The standard InChI is InChI=1S/C10H12FNS2/c1-7(14-10(13)12-2)8-3-5-9(11)6-4-8/h3-7H,1-2H3,(H,12,13). The highest BCUT2D eigenvalue weighted by molar-refractivity contribution is 8.23. The predicted molar refractivity (Wildman–Crippen MR) is 64.1 cm³/mol. The van der Waals surface area contributed by atoms with E-state index in [0.717, 1.165) is 9.88 Å².